The molecular formula is C12H19N5O3. The summed E-state index contributed by atoms with van der Waals surface area (Å²) in [5.41, 5.74) is 0. The molecule has 20 heavy (non-hydrogen) atoms. The van der Waals surface area contributed by atoms with E-state index in [9.17, 15) is 9.59 Å². The van der Waals surface area contributed by atoms with Crippen molar-refractivity contribution in [2.75, 3.05) is 11.9 Å². The number of nitrogens with one attached hydrogen (secondary N) is 1. The molecule has 0 radical (unpaired) electrons. The van der Waals surface area contributed by atoms with Gasteiger partial charge in [0.15, 0.2) is 0 Å². The van der Waals surface area contributed by atoms with Gasteiger partial charge in [-0.1, -0.05) is 0 Å². The molecule has 110 valence electrons. The minimum absolute atomic E-state index is 0.0203. The van der Waals surface area contributed by atoms with E-state index in [0.717, 1.165) is 19.3 Å². The second kappa shape index (κ2) is 6.36. The lowest BCUT2D eigenvalue weighted by Crippen LogP contribution is -2.46. The maximum Gasteiger partial charge on any atom is 0.324 e. The zero-order valence-corrected chi connectivity index (χ0v) is 11.4. The first-order valence-corrected chi connectivity index (χ1v) is 6.71. The molecule has 2 N–H and O–H groups in total. The Morgan fingerprint density at radius 1 is 1.50 bits per heavy atom. The molecule has 1 unspecified atom stereocenters. The molecule has 1 fully saturated rings. The Morgan fingerprint density at radius 2 is 2.30 bits per heavy atom. The lowest BCUT2D eigenvalue weighted by atomic mass is 9.98. The monoisotopic (exact) mass is 281 g/mol. The van der Waals surface area contributed by atoms with Gasteiger partial charge < -0.3 is 10.0 Å². The molecule has 2 amide bonds. The number of likely N-dealkylation sites (tertiary alicyclic amines) is 1. The third-order valence-corrected chi connectivity index (χ3v) is 3.51. The number of nitrogens with zero attached hydrogens (tertiary/aromatic N) is 4. The minimum atomic E-state index is -0.829. The van der Waals surface area contributed by atoms with Gasteiger partial charge in [0.2, 0.25) is 5.95 Å². The van der Waals surface area contributed by atoms with Crippen LogP contribution in [0.3, 0.4) is 0 Å². The molecule has 0 aromatic carbocycles. The Morgan fingerprint density at radius 3 is 2.95 bits per heavy atom. The van der Waals surface area contributed by atoms with E-state index < -0.39 is 5.97 Å². The number of carbonyl (C=O) groups excluding carboxylic acids is 1. The fraction of sp³-hybridized carbons (Fsp3) is 0.667. The SMILES string of the molecule is Cn1ncnc1NC(=O)N1CCCCC1CCC(=O)O. The minimum Gasteiger partial charge on any atom is -0.481 e. The van der Waals surface area contributed by atoms with Crippen LogP contribution < -0.4 is 5.32 Å². The third kappa shape index (κ3) is 3.46. The lowest BCUT2D eigenvalue weighted by molar-refractivity contribution is -0.137. The number of hydrogen-bond donors (Lipinski definition) is 2. The molecular weight excluding hydrogens is 262 g/mol. The molecule has 1 aliphatic heterocycles. The van der Waals surface area contributed by atoms with Crippen molar-refractivity contribution in [3.63, 3.8) is 0 Å². The van der Waals surface area contributed by atoms with Gasteiger partial charge in [-0.15, -0.1) is 0 Å². The lowest BCUT2D eigenvalue weighted by Gasteiger charge is -2.35. The number of anilines is 1. The van der Waals surface area contributed by atoms with Crippen molar-refractivity contribution in [2.45, 2.75) is 38.1 Å². The van der Waals surface area contributed by atoms with Gasteiger partial charge in [0.25, 0.3) is 0 Å². The van der Waals surface area contributed by atoms with Crippen LogP contribution in [0.1, 0.15) is 32.1 Å². The van der Waals surface area contributed by atoms with E-state index in [4.69, 9.17) is 5.11 Å². The first-order chi connectivity index (χ1) is 9.58. The van der Waals surface area contributed by atoms with Crippen LogP contribution in [0.4, 0.5) is 10.7 Å². The van der Waals surface area contributed by atoms with E-state index >= 15 is 0 Å². The summed E-state index contributed by atoms with van der Waals surface area (Å²) in [6.45, 7) is 0.647. The highest BCUT2D eigenvalue weighted by molar-refractivity contribution is 5.87. The maximum absolute atomic E-state index is 12.3. The van der Waals surface area contributed by atoms with Gasteiger partial charge in [-0.2, -0.15) is 10.1 Å². The van der Waals surface area contributed by atoms with E-state index in [1.54, 1.807) is 11.9 Å². The summed E-state index contributed by atoms with van der Waals surface area (Å²) in [4.78, 5) is 28.6. The number of aliphatic carboxylic acids is 1. The van der Waals surface area contributed by atoms with Crippen molar-refractivity contribution in [1.29, 1.82) is 0 Å². The Hall–Kier alpha value is -2.12. The number of aryl methyl sites for hydroxylation is 1. The van der Waals surface area contributed by atoms with E-state index in [1.807, 2.05) is 0 Å². The van der Waals surface area contributed by atoms with Crippen LogP contribution >= 0.6 is 0 Å². The number of carboxylic acid groups (broad SMARTS) is 1. The number of piperidine rings is 1. The van der Waals surface area contributed by atoms with Gasteiger partial charge in [0, 0.05) is 26.1 Å². The van der Waals surface area contributed by atoms with Gasteiger partial charge in [-0.25, -0.2) is 9.48 Å². The fourth-order valence-electron chi connectivity index (χ4n) is 2.43. The number of carboxylic acids is 1. The third-order valence-electron chi connectivity index (χ3n) is 3.51. The van der Waals surface area contributed by atoms with Crippen LogP contribution in [0.2, 0.25) is 0 Å². The molecule has 1 aromatic heterocycles. The Labute approximate surface area is 116 Å². The van der Waals surface area contributed by atoms with Crippen molar-refractivity contribution >= 4 is 17.9 Å². The van der Waals surface area contributed by atoms with Gasteiger partial charge in [0.1, 0.15) is 6.33 Å². The average Bonchev–Trinajstić information content (AvgIpc) is 2.82. The van der Waals surface area contributed by atoms with Crippen molar-refractivity contribution < 1.29 is 14.7 Å². The highest BCUT2D eigenvalue weighted by Gasteiger charge is 2.27. The van der Waals surface area contributed by atoms with Gasteiger partial charge >= 0.3 is 12.0 Å². The van der Waals surface area contributed by atoms with Crippen molar-refractivity contribution in [3.8, 4) is 0 Å². The molecule has 0 bridgehead atoms. The second-order valence-corrected chi connectivity index (χ2v) is 4.91. The topological polar surface area (TPSA) is 100 Å². The molecule has 1 aliphatic rings. The summed E-state index contributed by atoms with van der Waals surface area (Å²) in [5.74, 6) is -0.443. The number of urea groups is 1. The smallest absolute Gasteiger partial charge is 0.324 e. The van der Waals surface area contributed by atoms with E-state index in [2.05, 4.69) is 15.4 Å². The highest BCUT2D eigenvalue weighted by atomic mass is 16.4. The fourth-order valence-corrected chi connectivity index (χ4v) is 2.43. The molecule has 1 saturated heterocycles. The first kappa shape index (κ1) is 14.3. The summed E-state index contributed by atoms with van der Waals surface area (Å²) in [7, 11) is 1.70. The van der Waals surface area contributed by atoms with Crippen molar-refractivity contribution in [3.05, 3.63) is 6.33 Å². The predicted octanol–water partition coefficient (Wildman–Crippen LogP) is 1.07. The quantitative estimate of drug-likeness (QED) is 0.859. The molecule has 0 saturated carbocycles. The Kier molecular flexibility index (Phi) is 4.54. The van der Waals surface area contributed by atoms with Crippen molar-refractivity contribution in [2.24, 2.45) is 7.05 Å². The van der Waals surface area contributed by atoms with Gasteiger partial charge in [-0.3, -0.25) is 10.1 Å². The van der Waals surface area contributed by atoms with Crippen LogP contribution in [-0.2, 0) is 11.8 Å². The van der Waals surface area contributed by atoms with Crippen LogP contribution in [0.5, 0.6) is 0 Å². The molecule has 0 spiro atoms. The summed E-state index contributed by atoms with van der Waals surface area (Å²) in [6.07, 6.45) is 4.75. The molecule has 1 atom stereocenters. The Bertz CT molecular complexity index is 487. The van der Waals surface area contributed by atoms with Gasteiger partial charge in [0.05, 0.1) is 0 Å². The predicted molar refractivity (Wildman–Crippen MR) is 71.2 cm³/mol. The largest absolute Gasteiger partial charge is 0.481 e. The van der Waals surface area contributed by atoms with Crippen LogP contribution in [0.15, 0.2) is 6.33 Å². The molecule has 2 rings (SSSR count). The molecule has 8 nitrogen and oxygen atoms in total. The normalized spacial score (nSPS) is 18.9. The molecule has 1 aromatic rings. The van der Waals surface area contributed by atoms with Gasteiger partial charge in [-0.05, 0) is 25.7 Å². The summed E-state index contributed by atoms with van der Waals surface area (Å²) >= 11 is 0. The second-order valence-electron chi connectivity index (χ2n) is 4.91. The van der Waals surface area contributed by atoms with E-state index in [1.165, 1.54) is 11.0 Å². The van der Waals surface area contributed by atoms with Crippen LogP contribution in [0.25, 0.3) is 0 Å². The number of amides is 2. The first-order valence-electron chi connectivity index (χ1n) is 6.71. The highest BCUT2D eigenvalue weighted by Crippen LogP contribution is 2.21. The van der Waals surface area contributed by atoms with E-state index in [0.29, 0.717) is 18.9 Å². The van der Waals surface area contributed by atoms with E-state index in [-0.39, 0.29) is 18.5 Å². The Balaban J connectivity index is 1.98. The number of aromatic nitrogens is 3. The van der Waals surface area contributed by atoms with Crippen molar-refractivity contribution in [1.82, 2.24) is 19.7 Å². The number of carbonyl (C=O) groups is 2. The molecule has 0 aliphatic carbocycles. The van der Waals surface area contributed by atoms with Crippen LogP contribution in [0, 0.1) is 0 Å². The summed E-state index contributed by atoms with van der Waals surface area (Å²) < 4.78 is 1.48. The summed E-state index contributed by atoms with van der Waals surface area (Å²) in [6, 6.07) is -0.260. The standard InChI is InChI=1S/C12H19N5O3/c1-16-11(13-8-14-16)15-12(20)17-7-3-2-4-9(17)5-6-10(18)19/h8-9H,2-7H2,1H3,(H,18,19)(H,13,14,15,20). The molecule has 8 heteroatoms. The average molecular weight is 281 g/mol. The zero-order chi connectivity index (χ0) is 14.5. The maximum atomic E-state index is 12.3. The van der Waals surface area contributed by atoms with Crippen LogP contribution in [-0.4, -0.2) is 49.4 Å². The summed E-state index contributed by atoms with van der Waals surface area (Å²) in [5, 5.41) is 15.4. The number of rotatable bonds is 4. The zero-order valence-electron chi connectivity index (χ0n) is 11.4. The molecule has 2 heterocycles. The number of hydrogen-bond acceptors (Lipinski definition) is 4.